The lowest BCUT2D eigenvalue weighted by molar-refractivity contribution is -0.147. The van der Waals surface area contributed by atoms with Crippen molar-refractivity contribution < 1.29 is 31.9 Å². The molecule has 1 heterocycles. The SMILES string of the molecule is C[C@]1(NC(=O)COC(=O)CNC(=O)c2ccccc2F)CCS(=O)(=O)C1. The van der Waals surface area contributed by atoms with Gasteiger partial charge < -0.3 is 15.4 Å². The zero-order chi connectivity index (χ0) is 19.4. The molecule has 8 nitrogen and oxygen atoms in total. The van der Waals surface area contributed by atoms with Gasteiger partial charge in [-0.25, -0.2) is 12.8 Å². The van der Waals surface area contributed by atoms with Crippen LogP contribution in [0.3, 0.4) is 0 Å². The van der Waals surface area contributed by atoms with Crippen LogP contribution in [0.1, 0.15) is 23.7 Å². The van der Waals surface area contributed by atoms with Crippen LogP contribution in [0.4, 0.5) is 4.39 Å². The Morgan fingerprint density at radius 2 is 1.96 bits per heavy atom. The topological polar surface area (TPSA) is 119 Å². The van der Waals surface area contributed by atoms with Crippen LogP contribution in [0, 0.1) is 5.82 Å². The number of hydrogen-bond acceptors (Lipinski definition) is 6. The van der Waals surface area contributed by atoms with Crippen LogP contribution in [0.25, 0.3) is 0 Å². The quantitative estimate of drug-likeness (QED) is 0.653. The Morgan fingerprint density at radius 3 is 2.58 bits per heavy atom. The number of carbonyl (C=O) groups is 3. The average Bonchev–Trinajstić information content (AvgIpc) is 2.84. The summed E-state index contributed by atoms with van der Waals surface area (Å²) >= 11 is 0. The molecule has 0 saturated carbocycles. The lowest BCUT2D eigenvalue weighted by Crippen LogP contribution is -2.48. The van der Waals surface area contributed by atoms with Crippen LogP contribution in [0.15, 0.2) is 24.3 Å². The number of benzene rings is 1. The van der Waals surface area contributed by atoms with Crippen molar-refractivity contribution in [3.63, 3.8) is 0 Å². The molecule has 1 saturated heterocycles. The second-order valence-corrected chi connectivity index (χ2v) is 8.46. The Kier molecular flexibility index (Phi) is 5.96. The van der Waals surface area contributed by atoms with Gasteiger partial charge in [-0.3, -0.25) is 14.4 Å². The standard InChI is InChI=1S/C16H19FN2O6S/c1-16(6-7-26(23,24)10-16)19-13(20)9-25-14(21)8-18-15(22)11-4-2-3-5-12(11)17/h2-5H,6-10H2,1H3,(H,18,22)(H,19,20)/t16-/m0/s1. The Balaban J connectivity index is 1.74. The zero-order valence-electron chi connectivity index (χ0n) is 14.1. The fourth-order valence-corrected chi connectivity index (χ4v) is 4.66. The molecular formula is C16H19FN2O6S. The number of amides is 2. The van der Waals surface area contributed by atoms with Gasteiger partial charge in [0, 0.05) is 0 Å². The van der Waals surface area contributed by atoms with Gasteiger partial charge in [-0.15, -0.1) is 0 Å². The minimum atomic E-state index is -3.18. The number of nitrogens with one attached hydrogen (secondary N) is 2. The van der Waals surface area contributed by atoms with Gasteiger partial charge in [0.05, 0.1) is 22.6 Å². The summed E-state index contributed by atoms with van der Waals surface area (Å²) in [7, 11) is -3.18. The fraction of sp³-hybridized carbons (Fsp3) is 0.438. The van der Waals surface area contributed by atoms with Crippen molar-refractivity contribution in [1.82, 2.24) is 10.6 Å². The van der Waals surface area contributed by atoms with E-state index in [0.717, 1.165) is 6.07 Å². The number of esters is 1. The van der Waals surface area contributed by atoms with Gasteiger partial charge in [0.2, 0.25) is 0 Å². The van der Waals surface area contributed by atoms with E-state index >= 15 is 0 Å². The molecule has 2 N–H and O–H groups in total. The molecule has 1 fully saturated rings. The van der Waals surface area contributed by atoms with E-state index in [2.05, 4.69) is 10.6 Å². The normalized spacial score (nSPS) is 21.0. The van der Waals surface area contributed by atoms with Crippen LogP contribution in [-0.2, 0) is 24.2 Å². The molecule has 0 spiro atoms. The lowest BCUT2D eigenvalue weighted by atomic mass is 10.0. The zero-order valence-corrected chi connectivity index (χ0v) is 14.9. The highest BCUT2D eigenvalue weighted by molar-refractivity contribution is 7.91. The summed E-state index contributed by atoms with van der Waals surface area (Å²) in [5.41, 5.74) is -1.10. The van der Waals surface area contributed by atoms with Gasteiger partial charge in [0.25, 0.3) is 11.8 Å². The van der Waals surface area contributed by atoms with E-state index in [1.165, 1.54) is 18.2 Å². The third-order valence-corrected chi connectivity index (χ3v) is 5.72. The lowest BCUT2D eigenvalue weighted by Gasteiger charge is -2.23. The van der Waals surface area contributed by atoms with Crippen LogP contribution in [0.5, 0.6) is 0 Å². The van der Waals surface area contributed by atoms with E-state index in [4.69, 9.17) is 4.74 Å². The predicted octanol–water partition coefficient (Wildman–Crippen LogP) is -0.208. The summed E-state index contributed by atoms with van der Waals surface area (Å²) in [4.78, 5) is 35.1. The van der Waals surface area contributed by atoms with Gasteiger partial charge in [0.15, 0.2) is 16.4 Å². The summed E-state index contributed by atoms with van der Waals surface area (Å²) in [5.74, 6) is -3.21. The van der Waals surface area contributed by atoms with Crippen molar-refractivity contribution in [2.45, 2.75) is 18.9 Å². The van der Waals surface area contributed by atoms with Crippen molar-refractivity contribution in [3.05, 3.63) is 35.6 Å². The van der Waals surface area contributed by atoms with Crippen molar-refractivity contribution in [2.24, 2.45) is 0 Å². The van der Waals surface area contributed by atoms with Gasteiger partial charge in [-0.05, 0) is 25.5 Å². The van der Waals surface area contributed by atoms with E-state index in [1.807, 2.05) is 0 Å². The average molecular weight is 386 g/mol. The first-order valence-corrected chi connectivity index (χ1v) is 9.62. The molecule has 1 atom stereocenters. The number of carbonyl (C=O) groups excluding carboxylic acids is 3. The third-order valence-electron chi connectivity index (χ3n) is 3.82. The molecule has 1 aliphatic heterocycles. The Morgan fingerprint density at radius 1 is 1.27 bits per heavy atom. The van der Waals surface area contributed by atoms with Crippen molar-refractivity contribution in [2.75, 3.05) is 24.7 Å². The molecule has 1 aromatic rings. The molecule has 1 aromatic carbocycles. The molecule has 0 unspecified atom stereocenters. The molecule has 0 aromatic heterocycles. The van der Waals surface area contributed by atoms with Crippen LogP contribution in [-0.4, -0.2) is 56.4 Å². The van der Waals surface area contributed by atoms with Gasteiger partial charge in [-0.2, -0.15) is 0 Å². The molecular weight excluding hydrogens is 367 g/mol. The minimum Gasteiger partial charge on any atom is -0.454 e. The summed E-state index contributed by atoms with van der Waals surface area (Å²) in [6.45, 7) is 0.460. The molecule has 0 bridgehead atoms. The number of sulfone groups is 1. The first kappa shape index (κ1) is 19.8. The van der Waals surface area contributed by atoms with E-state index in [-0.39, 0.29) is 23.5 Å². The molecule has 0 radical (unpaired) electrons. The Hall–Kier alpha value is -2.49. The second-order valence-electron chi connectivity index (χ2n) is 6.27. The van der Waals surface area contributed by atoms with Crippen LogP contribution < -0.4 is 10.6 Å². The van der Waals surface area contributed by atoms with Crippen LogP contribution in [0.2, 0.25) is 0 Å². The highest BCUT2D eigenvalue weighted by atomic mass is 32.2. The van der Waals surface area contributed by atoms with Crippen molar-refractivity contribution in [1.29, 1.82) is 0 Å². The third kappa shape index (κ3) is 5.51. The number of hydrogen-bond donors (Lipinski definition) is 2. The Labute approximate surface area is 150 Å². The molecule has 1 aliphatic rings. The monoisotopic (exact) mass is 386 g/mol. The van der Waals surface area contributed by atoms with Gasteiger partial charge in [0.1, 0.15) is 12.4 Å². The summed E-state index contributed by atoms with van der Waals surface area (Å²) in [6.07, 6.45) is 0.285. The first-order chi connectivity index (χ1) is 12.1. The van der Waals surface area contributed by atoms with Gasteiger partial charge in [-0.1, -0.05) is 12.1 Å². The maximum absolute atomic E-state index is 13.4. The predicted molar refractivity (Wildman–Crippen MR) is 89.5 cm³/mol. The molecule has 0 aliphatic carbocycles. The van der Waals surface area contributed by atoms with E-state index < -0.39 is 52.1 Å². The highest BCUT2D eigenvalue weighted by Crippen LogP contribution is 2.22. The summed E-state index contributed by atoms with van der Waals surface area (Å²) in [5, 5.41) is 4.72. The Bertz CT molecular complexity index is 826. The fourth-order valence-electron chi connectivity index (χ4n) is 2.57. The molecule has 142 valence electrons. The first-order valence-electron chi connectivity index (χ1n) is 7.80. The van der Waals surface area contributed by atoms with E-state index in [1.54, 1.807) is 6.92 Å². The van der Waals surface area contributed by atoms with E-state index in [9.17, 15) is 27.2 Å². The maximum atomic E-state index is 13.4. The largest absolute Gasteiger partial charge is 0.454 e. The molecule has 10 heteroatoms. The smallest absolute Gasteiger partial charge is 0.325 e. The minimum absolute atomic E-state index is 0.00829. The number of rotatable bonds is 6. The van der Waals surface area contributed by atoms with Crippen molar-refractivity contribution in [3.8, 4) is 0 Å². The number of ether oxygens (including phenoxy) is 1. The summed E-state index contributed by atoms with van der Waals surface area (Å²) < 4.78 is 41.1. The molecule has 2 rings (SSSR count). The highest BCUT2D eigenvalue weighted by Gasteiger charge is 2.39. The number of halogens is 1. The van der Waals surface area contributed by atoms with Gasteiger partial charge >= 0.3 is 5.97 Å². The van der Waals surface area contributed by atoms with Crippen LogP contribution >= 0.6 is 0 Å². The summed E-state index contributed by atoms with van der Waals surface area (Å²) in [6, 6.07) is 5.28. The molecule has 2 amide bonds. The molecule has 26 heavy (non-hydrogen) atoms. The van der Waals surface area contributed by atoms with E-state index in [0.29, 0.717) is 0 Å². The van der Waals surface area contributed by atoms with Crippen molar-refractivity contribution >= 4 is 27.6 Å². The second kappa shape index (κ2) is 7.81. The maximum Gasteiger partial charge on any atom is 0.325 e.